The van der Waals surface area contributed by atoms with E-state index in [4.69, 9.17) is 11.6 Å². The molecule has 7 nitrogen and oxygen atoms in total. The van der Waals surface area contributed by atoms with Crippen LogP contribution in [0.25, 0.3) is 0 Å². The van der Waals surface area contributed by atoms with Crippen LogP contribution < -0.4 is 9.62 Å². The van der Waals surface area contributed by atoms with E-state index >= 15 is 0 Å². The second kappa shape index (κ2) is 13.1. The third-order valence-corrected chi connectivity index (χ3v) is 7.70. The zero-order valence-electron chi connectivity index (χ0n) is 22.0. The van der Waals surface area contributed by atoms with Crippen molar-refractivity contribution in [1.29, 1.82) is 0 Å². The number of hydrogen-bond acceptors (Lipinski definition) is 4. The van der Waals surface area contributed by atoms with Crippen molar-refractivity contribution in [2.24, 2.45) is 5.92 Å². The first-order valence-electron chi connectivity index (χ1n) is 12.2. The van der Waals surface area contributed by atoms with Gasteiger partial charge in [0.2, 0.25) is 21.8 Å². The van der Waals surface area contributed by atoms with E-state index in [2.05, 4.69) is 5.32 Å². The number of nitrogens with one attached hydrogen (secondary N) is 1. The zero-order valence-corrected chi connectivity index (χ0v) is 23.6. The summed E-state index contributed by atoms with van der Waals surface area (Å²) in [7, 11) is -3.59. The lowest BCUT2D eigenvalue weighted by atomic mass is 10.1. The Hall–Kier alpha value is -2.58. The van der Waals surface area contributed by atoms with Crippen LogP contribution in [0.2, 0.25) is 5.02 Å². The van der Waals surface area contributed by atoms with Gasteiger partial charge in [-0.2, -0.15) is 0 Å². The van der Waals surface area contributed by atoms with E-state index in [-0.39, 0.29) is 24.8 Å². The first kappa shape index (κ1) is 29.6. The van der Waals surface area contributed by atoms with Crippen LogP contribution in [0.15, 0.2) is 42.5 Å². The van der Waals surface area contributed by atoms with Crippen LogP contribution in [0.1, 0.15) is 50.3 Å². The third-order valence-electron chi connectivity index (χ3n) is 6.11. The number of nitrogens with zero attached hydrogens (tertiary/aromatic N) is 2. The highest BCUT2D eigenvalue weighted by atomic mass is 35.5. The molecular formula is C27H38ClN3O4S. The number of carbonyl (C=O) groups excluding carboxylic acids is 2. The molecule has 0 bridgehead atoms. The quantitative estimate of drug-likeness (QED) is 0.427. The standard InChI is InChI=1S/C27H38ClN3O4S/c1-19(2)17-29-27(33)22(5)30(18-23-12-8-7-11-20(23)3)26(32)15-10-16-31(36(6,34)35)25-14-9-13-24(28)21(25)4/h7-9,11-14,19,22H,10,15-18H2,1-6H3,(H,29,33)/t22-/m1/s1. The van der Waals surface area contributed by atoms with Crippen LogP contribution in [-0.2, 0) is 26.2 Å². The summed E-state index contributed by atoms with van der Waals surface area (Å²) in [5, 5.41) is 3.39. The largest absolute Gasteiger partial charge is 0.354 e. The molecular weight excluding hydrogens is 498 g/mol. The van der Waals surface area contributed by atoms with Crippen molar-refractivity contribution in [3.8, 4) is 0 Å². The molecule has 0 aliphatic heterocycles. The molecule has 0 radical (unpaired) electrons. The van der Waals surface area contributed by atoms with Gasteiger partial charge in [0.1, 0.15) is 6.04 Å². The molecule has 0 aliphatic carbocycles. The van der Waals surface area contributed by atoms with E-state index < -0.39 is 16.1 Å². The number of halogens is 1. The molecule has 0 aromatic heterocycles. The van der Waals surface area contributed by atoms with Gasteiger partial charge in [-0.15, -0.1) is 0 Å². The maximum Gasteiger partial charge on any atom is 0.242 e. The summed E-state index contributed by atoms with van der Waals surface area (Å²) in [6.45, 7) is 10.4. The minimum atomic E-state index is -3.59. The first-order valence-corrected chi connectivity index (χ1v) is 14.4. The molecule has 0 spiro atoms. The van der Waals surface area contributed by atoms with Crippen molar-refractivity contribution in [3.05, 3.63) is 64.2 Å². The van der Waals surface area contributed by atoms with E-state index in [1.165, 1.54) is 4.31 Å². The Morgan fingerprint density at radius 1 is 1.03 bits per heavy atom. The van der Waals surface area contributed by atoms with Gasteiger partial charge in [-0.25, -0.2) is 8.42 Å². The molecule has 1 N–H and O–H groups in total. The Labute approximate surface area is 220 Å². The number of rotatable bonds is 12. The predicted octanol–water partition coefficient (Wildman–Crippen LogP) is 4.69. The summed E-state index contributed by atoms with van der Waals surface area (Å²) in [5.41, 5.74) is 3.15. The molecule has 9 heteroatoms. The van der Waals surface area contributed by atoms with Crippen LogP contribution >= 0.6 is 11.6 Å². The summed E-state index contributed by atoms with van der Waals surface area (Å²) in [6, 6.07) is 12.2. The topological polar surface area (TPSA) is 86.8 Å². The summed E-state index contributed by atoms with van der Waals surface area (Å²) in [4.78, 5) is 27.8. The van der Waals surface area contributed by atoms with Crippen molar-refractivity contribution in [2.75, 3.05) is 23.7 Å². The Kier molecular flexibility index (Phi) is 10.8. The predicted molar refractivity (Wildman–Crippen MR) is 147 cm³/mol. The number of amides is 2. The average molecular weight is 536 g/mol. The smallest absolute Gasteiger partial charge is 0.242 e. The zero-order chi connectivity index (χ0) is 27.0. The maximum absolute atomic E-state index is 13.4. The average Bonchev–Trinajstić information content (AvgIpc) is 2.80. The molecule has 2 aromatic carbocycles. The van der Waals surface area contributed by atoms with Gasteiger partial charge in [-0.05, 0) is 61.9 Å². The molecule has 0 saturated heterocycles. The monoisotopic (exact) mass is 535 g/mol. The highest BCUT2D eigenvalue weighted by Gasteiger charge is 2.27. The van der Waals surface area contributed by atoms with E-state index in [0.29, 0.717) is 41.7 Å². The van der Waals surface area contributed by atoms with Crippen molar-refractivity contribution >= 4 is 39.1 Å². The van der Waals surface area contributed by atoms with E-state index in [9.17, 15) is 18.0 Å². The second-order valence-electron chi connectivity index (χ2n) is 9.59. The molecule has 2 aromatic rings. The highest BCUT2D eigenvalue weighted by Crippen LogP contribution is 2.28. The van der Waals surface area contributed by atoms with Crippen molar-refractivity contribution in [2.45, 2.75) is 60.0 Å². The van der Waals surface area contributed by atoms with Crippen molar-refractivity contribution in [3.63, 3.8) is 0 Å². The molecule has 2 rings (SSSR count). The van der Waals surface area contributed by atoms with Gasteiger partial charge < -0.3 is 10.2 Å². The van der Waals surface area contributed by atoms with E-state index in [1.54, 1.807) is 36.9 Å². The second-order valence-corrected chi connectivity index (χ2v) is 11.9. The lowest BCUT2D eigenvalue weighted by Gasteiger charge is -2.30. The summed E-state index contributed by atoms with van der Waals surface area (Å²) < 4.78 is 26.4. The molecule has 0 heterocycles. The normalized spacial score (nSPS) is 12.3. The van der Waals surface area contributed by atoms with Crippen molar-refractivity contribution in [1.82, 2.24) is 10.2 Å². The number of aryl methyl sites for hydroxylation is 1. The molecule has 0 fully saturated rings. The minimum Gasteiger partial charge on any atom is -0.354 e. The molecule has 198 valence electrons. The summed E-state index contributed by atoms with van der Waals surface area (Å²) in [6.07, 6.45) is 1.53. The fourth-order valence-electron chi connectivity index (χ4n) is 3.85. The van der Waals surface area contributed by atoms with Crippen LogP contribution in [-0.4, -0.2) is 50.5 Å². The Morgan fingerprint density at radius 3 is 2.31 bits per heavy atom. The summed E-state index contributed by atoms with van der Waals surface area (Å²) in [5.74, 6) is -0.127. The van der Waals surface area contributed by atoms with Gasteiger partial charge in [0.25, 0.3) is 0 Å². The van der Waals surface area contributed by atoms with Crippen LogP contribution in [0.4, 0.5) is 5.69 Å². The first-order chi connectivity index (χ1) is 16.8. The van der Waals surface area contributed by atoms with Crippen LogP contribution in [0, 0.1) is 19.8 Å². The Morgan fingerprint density at radius 2 is 1.69 bits per heavy atom. The van der Waals surface area contributed by atoms with Crippen LogP contribution in [0.5, 0.6) is 0 Å². The van der Waals surface area contributed by atoms with E-state index in [0.717, 1.165) is 17.4 Å². The van der Waals surface area contributed by atoms with Gasteiger partial charge in [0.15, 0.2) is 0 Å². The van der Waals surface area contributed by atoms with Gasteiger partial charge in [0.05, 0.1) is 11.9 Å². The molecule has 2 amide bonds. The number of sulfonamides is 1. The Bertz CT molecular complexity index is 1170. The molecule has 0 aliphatic rings. The highest BCUT2D eigenvalue weighted by molar-refractivity contribution is 7.92. The fraction of sp³-hybridized carbons (Fsp3) is 0.481. The molecule has 0 unspecified atom stereocenters. The number of anilines is 1. The third kappa shape index (κ3) is 8.23. The molecule has 36 heavy (non-hydrogen) atoms. The molecule has 0 saturated carbocycles. The van der Waals surface area contributed by atoms with Gasteiger partial charge in [-0.3, -0.25) is 13.9 Å². The molecule has 1 atom stereocenters. The van der Waals surface area contributed by atoms with E-state index in [1.807, 2.05) is 45.0 Å². The number of benzene rings is 2. The minimum absolute atomic E-state index is 0.0965. The van der Waals surface area contributed by atoms with Gasteiger partial charge in [-0.1, -0.05) is 55.8 Å². The lowest BCUT2D eigenvalue weighted by molar-refractivity contribution is -0.140. The Balaban J connectivity index is 2.21. The lowest BCUT2D eigenvalue weighted by Crippen LogP contribution is -2.48. The fourth-order valence-corrected chi connectivity index (χ4v) is 5.04. The van der Waals surface area contributed by atoms with Gasteiger partial charge >= 0.3 is 0 Å². The number of carbonyl (C=O) groups is 2. The van der Waals surface area contributed by atoms with Crippen molar-refractivity contribution < 1.29 is 18.0 Å². The van der Waals surface area contributed by atoms with Crippen LogP contribution in [0.3, 0.4) is 0 Å². The summed E-state index contributed by atoms with van der Waals surface area (Å²) >= 11 is 6.21. The van der Waals surface area contributed by atoms with Gasteiger partial charge in [0, 0.05) is 31.1 Å². The number of hydrogen-bond donors (Lipinski definition) is 1. The SMILES string of the molecule is Cc1ccccc1CN(C(=O)CCCN(c1cccc(Cl)c1C)S(C)(=O)=O)[C@H](C)C(=O)NCC(C)C. The maximum atomic E-state index is 13.4.